The van der Waals surface area contributed by atoms with Crippen molar-refractivity contribution in [1.29, 1.82) is 0 Å². The maximum absolute atomic E-state index is 12.9. The van der Waals surface area contributed by atoms with Gasteiger partial charge < -0.3 is 10.3 Å². The molecule has 28 heavy (non-hydrogen) atoms. The molecule has 0 radical (unpaired) electrons. The Hall–Kier alpha value is -3.51. The van der Waals surface area contributed by atoms with E-state index in [2.05, 4.69) is 10.3 Å². The molecule has 4 aromatic rings. The SMILES string of the molecule is Cc1ccccc1NC(=O)c1ccc2c(=O)n(-c3ccccc3)c(=S)[nH]c2c1. The molecule has 1 amide bonds. The highest BCUT2D eigenvalue weighted by Crippen LogP contribution is 2.17. The first-order chi connectivity index (χ1) is 13.5. The normalized spacial score (nSPS) is 10.8. The number of anilines is 1. The molecule has 0 aliphatic rings. The summed E-state index contributed by atoms with van der Waals surface area (Å²) in [4.78, 5) is 28.6. The average molecular weight is 387 g/mol. The number of nitrogens with zero attached hydrogens (tertiary/aromatic N) is 1. The lowest BCUT2D eigenvalue weighted by atomic mass is 10.1. The van der Waals surface area contributed by atoms with Crippen LogP contribution in [0.3, 0.4) is 0 Å². The number of hydrogen-bond donors (Lipinski definition) is 2. The van der Waals surface area contributed by atoms with Crippen LogP contribution in [-0.4, -0.2) is 15.5 Å². The Bertz CT molecular complexity index is 1310. The van der Waals surface area contributed by atoms with Gasteiger partial charge in [0.15, 0.2) is 4.77 Å². The zero-order valence-electron chi connectivity index (χ0n) is 15.1. The van der Waals surface area contributed by atoms with Crippen molar-refractivity contribution in [1.82, 2.24) is 9.55 Å². The van der Waals surface area contributed by atoms with Crippen molar-refractivity contribution in [3.63, 3.8) is 0 Å². The minimum atomic E-state index is -0.247. The van der Waals surface area contributed by atoms with Crippen LogP contribution in [0.15, 0.2) is 77.6 Å². The van der Waals surface area contributed by atoms with Gasteiger partial charge in [0.25, 0.3) is 11.5 Å². The molecule has 3 aromatic carbocycles. The number of aromatic amines is 1. The topological polar surface area (TPSA) is 66.9 Å². The maximum atomic E-state index is 12.9. The van der Waals surface area contributed by atoms with Crippen LogP contribution in [0.5, 0.6) is 0 Å². The summed E-state index contributed by atoms with van der Waals surface area (Å²) in [5, 5.41) is 3.36. The van der Waals surface area contributed by atoms with E-state index in [0.717, 1.165) is 11.3 Å². The van der Waals surface area contributed by atoms with Crippen LogP contribution in [0.25, 0.3) is 16.6 Å². The maximum Gasteiger partial charge on any atom is 0.266 e. The van der Waals surface area contributed by atoms with Gasteiger partial charge in [-0.25, -0.2) is 0 Å². The van der Waals surface area contributed by atoms with Crippen molar-refractivity contribution in [2.24, 2.45) is 0 Å². The minimum absolute atomic E-state index is 0.226. The zero-order chi connectivity index (χ0) is 19.7. The smallest absolute Gasteiger partial charge is 0.266 e. The molecule has 0 saturated carbocycles. The van der Waals surface area contributed by atoms with Gasteiger partial charge in [0.2, 0.25) is 0 Å². The average Bonchev–Trinajstić information content (AvgIpc) is 2.70. The highest BCUT2D eigenvalue weighted by Gasteiger charge is 2.12. The van der Waals surface area contributed by atoms with Crippen LogP contribution >= 0.6 is 12.2 Å². The molecular formula is C22H17N3O2S. The largest absolute Gasteiger partial charge is 0.331 e. The van der Waals surface area contributed by atoms with Crippen molar-refractivity contribution in [3.8, 4) is 5.69 Å². The summed E-state index contributed by atoms with van der Waals surface area (Å²) in [7, 11) is 0. The van der Waals surface area contributed by atoms with Crippen molar-refractivity contribution in [3.05, 3.63) is 99.0 Å². The molecule has 0 aliphatic carbocycles. The number of fused-ring (bicyclic) bond motifs is 1. The van der Waals surface area contributed by atoms with Crippen molar-refractivity contribution >= 4 is 34.7 Å². The van der Waals surface area contributed by atoms with Gasteiger partial charge in [0, 0.05) is 11.3 Å². The lowest BCUT2D eigenvalue weighted by Crippen LogP contribution is -2.21. The first-order valence-corrected chi connectivity index (χ1v) is 9.17. The van der Waals surface area contributed by atoms with E-state index in [4.69, 9.17) is 12.2 Å². The molecule has 0 atom stereocenters. The fourth-order valence-corrected chi connectivity index (χ4v) is 3.38. The van der Waals surface area contributed by atoms with E-state index in [1.807, 2.05) is 61.5 Å². The number of carbonyl (C=O) groups excluding carboxylic acids is 1. The summed E-state index contributed by atoms with van der Waals surface area (Å²) in [6, 6.07) is 21.7. The van der Waals surface area contributed by atoms with E-state index in [-0.39, 0.29) is 16.2 Å². The van der Waals surface area contributed by atoms with Crippen LogP contribution in [0.2, 0.25) is 0 Å². The molecule has 5 nitrogen and oxygen atoms in total. The van der Waals surface area contributed by atoms with Crippen LogP contribution < -0.4 is 10.9 Å². The Kier molecular flexibility index (Phi) is 4.63. The second-order valence-corrected chi connectivity index (χ2v) is 6.82. The van der Waals surface area contributed by atoms with E-state index in [1.165, 1.54) is 4.57 Å². The quantitative estimate of drug-likeness (QED) is 0.505. The first-order valence-electron chi connectivity index (χ1n) is 8.76. The lowest BCUT2D eigenvalue weighted by molar-refractivity contribution is 0.102. The lowest BCUT2D eigenvalue weighted by Gasteiger charge is -2.10. The molecule has 2 N–H and O–H groups in total. The van der Waals surface area contributed by atoms with Crippen molar-refractivity contribution in [2.75, 3.05) is 5.32 Å². The fourth-order valence-electron chi connectivity index (χ4n) is 3.08. The van der Waals surface area contributed by atoms with Gasteiger partial charge in [-0.3, -0.25) is 14.2 Å². The van der Waals surface area contributed by atoms with Gasteiger partial charge in [-0.2, -0.15) is 0 Å². The van der Waals surface area contributed by atoms with Gasteiger partial charge in [-0.05, 0) is 61.1 Å². The molecular weight excluding hydrogens is 370 g/mol. The van der Waals surface area contributed by atoms with Crippen molar-refractivity contribution < 1.29 is 4.79 Å². The van der Waals surface area contributed by atoms with Gasteiger partial charge in [0.1, 0.15) is 0 Å². The predicted octanol–water partition coefficient (Wildman–Crippen LogP) is 4.61. The summed E-state index contributed by atoms with van der Waals surface area (Å²) in [5.74, 6) is -0.247. The summed E-state index contributed by atoms with van der Waals surface area (Å²) < 4.78 is 1.73. The standard InChI is InChI=1S/C22H17N3O2S/c1-14-7-5-6-10-18(14)23-20(26)15-11-12-17-19(13-15)24-22(28)25(21(17)27)16-8-3-2-4-9-16/h2-13H,1H3,(H,23,26)(H,24,28). The summed E-state index contributed by atoms with van der Waals surface area (Å²) in [6.07, 6.45) is 0. The predicted molar refractivity (Wildman–Crippen MR) is 114 cm³/mol. The van der Waals surface area contributed by atoms with E-state index in [0.29, 0.717) is 22.2 Å². The van der Waals surface area contributed by atoms with Gasteiger partial charge in [-0.15, -0.1) is 0 Å². The molecule has 0 aliphatic heterocycles. The molecule has 0 saturated heterocycles. The highest BCUT2D eigenvalue weighted by molar-refractivity contribution is 7.71. The molecule has 1 heterocycles. The van der Waals surface area contributed by atoms with E-state index in [1.54, 1.807) is 18.2 Å². The zero-order valence-corrected chi connectivity index (χ0v) is 15.9. The number of para-hydroxylation sites is 2. The molecule has 138 valence electrons. The number of H-pyrrole nitrogens is 1. The molecule has 1 aromatic heterocycles. The first kappa shape index (κ1) is 17.9. The summed E-state index contributed by atoms with van der Waals surface area (Å²) in [5.41, 5.74) is 3.16. The number of carbonyl (C=O) groups is 1. The number of amides is 1. The van der Waals surface area contributed by atoms with Gasteiger partial charge in [0.05, 0.1) is 16.6 Å². The third kappa shape index (κ3) is 3.25. The second-order valence-electron chi connectivity index (χ2n) is 6.44. The highest BCUT2D eigenvalue weighted by atomic mass is 32.1. The Labute approximate surface area is 166 Å². The molecule has 0 spiro atoms. The minimum Gasteiger partial charge on any atom is -0.331 e. The molecule has 0 bridgehead atoms. The third-order valence-electron chi connectivity index (χ3n) is 4.57. The molecule has 0 unspecified atom stereocenters. The number of rotatable bonds is 3. The number of aromatic nitrogens is 2. The molecule has 6 heteroatoms. The van der Waals surface area contributed by atoms with Crippen LogP contribution in [0.4, 0.5) is 5.69 Å². The number of nitrogens with one attached hydrogen (secondary N) is 2. The van der Waals surface area contributed by atoms with Gasteiger partial charge >= 0.3 is 0 Å². The number of benzene rings is 3. The number of aryl methyl sites for hydroxylation is 1. The van der Waals surface area contributed by atoms with Crippen LogP contribution in [-0.2, 0) is 0 Å². The van der Waals surface area contributed by atoms with E-state index in [9.17, 15) is 9.59 Å². The molecule has 0 fully saturated rings. The Morgan fingerprint density at radius 3 is 2.46 bits per heavy atom. The Morgan fingerprint density at radius 1 is 1.00 bits per heavy atom. The second kappa shape index (κ2) is 7.25. The Balaban J connectivity index is 1.76. The summed E-state index contributed by atoms with van der Waals surface area (Å²) >= 11 is 5.39. The van der Waals surface area contributed by atoms with E-state index >= 15 is 0 Å². The number of hydrogen-bond acceptors (Lipinski definition) is 3. The fraction of sp³-hybridized carbons (Fsp3) is 0.0455. The van der Waals surface area contributed by atoms with Crippen LogP contribution in [0, 0.1) is 11.7 Å². The van der Waals surface area contributed by atoms with Gasteiger partial charge in [-0.1, -0.05) is 36.4 Å². The Morgan fingerprint density at radius 2 is 1.71 bits per heavy atom. The van der Waals surface area contributed by atoms with E-state index < -0.39 is 0 Å². The third-order valence-corrected chi connectivity index (χ3v) is 4.85. The van der Waals surface area contributed by atoms with Crippen LogP contribution in [0.1, 0.15) is 15.9 Å². The molecule has 4 rings (SSSR count). The van der Waals surface area contributed by atoms with Crippen molar-refractivity contribution in [2.45, 2.75) is 6.92 Å². The monoisotopic (exact) mass is 387 g/mol. The summed E-state index contributed by atoms with van der Waals surface area (Å²) in [6.45, 7) is 1.93.